The van der Waals surface area contributed by atoms with Crippen LogP contribution in [0.2, 0.25) is 0 Å². The highest BCUT2D eigenvalue weighted by molar-refractivity contribution is 14.0. The summed E-state index contributed by atoms with van der Waals surface area (Å²) >= 11 is 0. The van der Waals surface area contributed by atoms with Crippen molar-refractivity contribution in [3.8, 4) is 5.75 Å². The van der Waals surface area contributed by atoms with Crippen LogP contribution >= 0.6 is 24.0 Å². The van der Waals surface area contributed by atoms with Gasteiger partial charge in [0.25, 0.3) is 0 Å². The van der Waals surface area contributed by atoms with Crippen LogP contribution in [0.3, 0.4) is 0 Å². The van der Waals surface area contributed by atoms with Gasteiger partial charge in [-0.15, -0.1) is 24.0 Å². The molecule has 0 radical (unpaired) electrons. The van der Waals surface area contributed by atoms with E-state index in [0.29, 0.717) is 24.2 Å². The van der Waals surface area contributed by atoms with Gasteiger partial charge in [0.2, 0.25) is 0 Å². The summed E-state index contributed by atoms with van der Waals surface area (Å²) in [5.74, 6) is 0.931. The Bertz CT molecular complexity index is 477. The molecule has 112 valence electrons. The molecule has 1 saturated carbocycles. The molecule has 0 bridgehead atoms. The fourth-order valence-corrected chi connectivity index (χ4v) is 1.77. The van der Waals surface area contributed by atoms with E-state index in [-0.39, 0.29) is 35.8 Å². The lowest BCUT2D eigenvalue weighted by atomic mass is 10.1. The second-order valence-electron chi connectivity index (χ2n) is 4.92. The molecule has 1 aliphatic carbocycles. The van der Waals surface area contributed by atoms with E-state index < -0.39 is 0 Å². The van der Waals surface area contributed by atoms with E-state index in [1.807, 2.05) is 13.0 Å². The van der Waals surface area contributed by atoms with Crippen LogP contribution in [-0.2, 0) is 0 Å². The number of ether oxygens (including phenoxy) is 1. The van der Waals surface area contributed by atoms with Gasteiger partial charge in [-0.25, -0.2) is 4.39 Å². The van der Waals surface area contributed by atoms with Gasteiger partial charge in [0, 0.05) is 7.05 Å². The van der Waals surface area contributed by atoms with Crippen LogP contribution in [-0.4, -0.2) is 19.6 Å². The maximum absolute atomic E-state index is 13.9. The number of nitrogens with zero attached hydrogens (tertiary/aromatic N) is 1. The molecular formula is C14H21FIN3O. The number of rotatable bonds is 5. The third kappa shape index (κ3) is 4.81. The van der Waals surface area contributed by atoms with E-state index in [9.17, 15) is 4.39 Å². The summed E-state index contributed by atoms with van der Waals surface area (Å²) in [5, 5.41) is 2.97. The molecule has 0 saturated heterocycles. The molecule has 0 heterocycles. The monoisotopic (exact) mass is 393 g/mol. The van der Waals surface area contributed by atoms with E-state index >= 15 is 0 Å². The lowest BCUT2D eigenvalue weighted by Gasteiger charge is -2.15. The van der Waals surface area contributed by atoms with Gasteiger partial charge in [0.1, 0.15) is 0 Å². The summed E-state index contributed by atoms with van der Waals surface area (Å²) in [6.07, 6.45) is 2.38. The van der Waals surface area contributed by atoms with Gasteiger partial charge < -0.3 is 15.8 Å². The van der Waals surface area contributed by atoms with Crippen LogP contribution in [0, 0.1) is 11.7 Å². The molecule has 6 heteroatoms. The number of benzene rings is 1. The van der Waals surface area contributed by atoms with Crippen molar-refractivity contribution in [2.45, 2.75) is 25.8 Å². The van der Waals surface area contributed by atoms with Crippen LogP contribution < -0.4 is 15.8 Å². The second kappa shape index (κ2) is 7.66. The largest absolute Gasteiger partial charge is 0.490 e. The van der Waals surface area contributed by atoms with E-state index in [1.54, 1.807) is 13.1 Å². The van der Waals surface area contributed by atoms with Crippen LogP contribution in [0.25, 0.3) is 0 Å². The van der Waals surface area contributed by atoms with E-state index in [1.165, 1.54) is 18.9 Å². The van der Waals surface area contributed by atoms with Crippen molar-refractivity contribution in [3.63, 3.8) is 0 Å². The Hall–Kier alpha value is -1.05. The minimum absolute atomic E-state index is 0. The molecule has 1 aromatic rings. The van der Waals surface area contributed by atoms with Crippen molar-refractivity contribution in [1.29, 1.82) is 0 Å². The molecule has 0 amide bonds. The summed E-state index contributed by atoms with van der Waals surface area (Å²) in [6.45, 7) is 2.51. The average molecular weight is 393 g/mol. The van der Waals surface area contributed by atoms with Crippen molar-refractivity contribution in [1.82, 2.24) is 5.32 Å². The zero-order chi connectivity index (χ0) is 13.8. The molecule has 3 N–H and O–H groups in total. The molecule has 1 aliphatic rings. The summed E-state index contributed by atoms with van der Waals surface area (Å²) in [4.78, 5) is 3.81. The molecule has 4 nitrogen and oxygen atoms in total. The quantitative estimate of drug-likeness (QED) is 0.460. The molecule has 1 atom stereocenters. The SMILES string of the molecule is CN=C(N)NC(C)c1ccc(OCC2CC2)c(F)c1.I. The van der Waals surface area contributed by atoms with E-state index in [0.717, 1.165) is 5.56 Å². The van der Waals surface area contributed by atoms with Crippen molar-refractivity contribution < 1.29 is 9.13 Å². The Balaban J connectivity index is 0.00000200. The van der Waals surface area contributed by atoms with Crippen molar-refractivity contribution >= 4 is 29.9 Å². The third-order valence-electron chi connectivity index (χ3n) is 3.23. The van der Waals surface area contributed by atoms with Gasteiger partial charge in [0.05, 0.1) is 12.6 Å². The number of nitrogens with one attached hydrogen (secondary N) is 1. The van der Waals surface area contributed by atoms with Crippen LogP contribution in [0.4, 0.5) is 4.39 Å². The summed E-state index contributed by atoms with van der Waals surface area (Å²) in [7, 11) is 1.60. The van der Waals surface area contributed by atoms with E-state index in [2.05, 4.69) is 10.3 Å². The normalized spacial score (nSPS) is 16.2. The van der Waals surface area contributed by atoms with E-state index in [4.69, 9.17) is 10.5 Å². The zero-order valence-corrected chi connectivity index (χ0v) is 14.1. The summed E-state index contributed by atoms with van der Waals surface area (Å²) < 4.78 is 19.3. The Morgan fingerprint density at radius 1 is 1.55 bits per heavy atom. The Morgan fingerprint density at radius 2 is 2.25 bits per heavy atom. The first-order chi connectivity index (χ1) is 9.10. The van der Waals surface area contributed by atoms with Gasteiger partial charge in [-0.05, 0) is 43.4 Å². The van der Waals surface area contributed by atoms with Gasteiger partial charge >= 0.3 is 0 Å². The molecule has 1 unspecified atom stereocenters. The zero-order valence-electron chi connectivity index (χ0n) is 11.7. The lowest BCUT2D eigenvalue weighted by Crippen LogP contribution is -2.33. The molecule has 20 heavy (non-hydrogen) atoms. The fraction of sp³-hybridized carbons (Fsp3) is 0.500. The minimum atomic E-state index is -0.334. The number of guanidine groups is 1. The van der Waals surface area contributed by atoms with Crippen molar-refractivity contribution in [2.24, 2.45) is 16.6 Å². The first kappa shape index (κ1) is 17.0. The third-order valence-corrected chi connectivity index (χ3v) is 3.23. The first-order valence-corrected chi connectivity index (χ1v) is 6.51. The predicted octanol–water partition coefficient (Wildman–Crippen LogP) is 2.83. The average Bonchev–Trinajstić information content (AvgIpc) is 3.21. The molecule has 0 spiro atoms. The minimum Gasteiger partial charge on any atom is -0.490 e. The number of halogens is 2. The maximum atomic E-state index is 13.9. The Kier molecular flexibility index (Phi) is 6.51. The highest BCUT2D eigenvalue weighted by Crippen LogP contribution is 2.30. The number of nitrogens with two attached hydrogens (primary N) is 1. The first-order valence-electron chi connectivity index (χ1n) is 6.51. The molecule has 1 aromatic carbocycles. The van der Waals surface area contributed by atoms with Crippen molar-refractivity contribution in [2.75, 3.05) is 13.7 Å². The second-order valence-corrected chi connectivity index (χ2v) is 4.92. The molecule has 0 aromatic heterocycles. The molecule has 1 fully saturated rings. The van der Waals surface area contributed by atoms with Crippen LogP contribution in [0.1, 0.15) is 31.4 Å². The maximum Gasteiger partial charge on any atom is 0.188 e. The molecule has 0 aliphatic heterocycles. The molecular weight excluding hydrogens is 372 g/mol. The van der Waals surface area contributed by atoms with Gasteiger partial charge in [-0.1, -0.05) is 6.07 Å². The fourth-order valence-electron chi connectivity index (χ4n) is 1.77. The smallest absolute Gasteiger partial charge is 0.188 e. The van der Waals surface area contributed by atoms with Crippen LogP contribution in [0.5, 0.6) is 5.75 Å². The lowest BCUT2D eigenvalue weighted by molar-refractivity contribution is 0.285. The summed E-state index contributed by atoms with van der Waals surface area (Å²) in [6, 6.07) is 4.88. The number of hydrogen-bond acceptors (Lipinski definition) is 2. The number of aliphatic imine (C=N–C) groups is 1. The predicted molar refractivity (Wildman–Crippen MR) is 89.1 cm³/mol. The Morgan fingerprint density at radius 3 is 2.80 bits per heavy atom. The van der Waals surface area contributed by atoms with Gasteiger partial charge in [-0.3, -0.25) is 4.99 Å². The van der Waals surface area contributed by atoms with Crippen LogP contribution in [0.15, 0.2) is 23.2 Å². The number of hydrogen-bond donors (Lipinski definition) is 2. The Labute approximate surface area is 136 Å². The summed E-state index contributed by atoms with van der Waals surface area (Å²) in [5.41, 5.74) is 6.40. The van der Waals surface area contributed by atoms with Crippen molar-refractivity contribution in [3.05, 3.63) is 29.6 Å². The van der Waals surface area contributed by atoms with Gasteiger partial charge in [-0.2, -0.15) is 0 Å². The molecule has 2 rings (SSSR count). The highest BCUT2D eigenvalue weighted by atomic mass is 127. The highest BCUT2D eigenvalue weighted by Gasteiger charge is 2.22. The topological polar surface area (TPSA) is 59.6 Å². The standard InChI is InChI=1S/C14H20FN3O.HI/c1-9(18-14(16)17-2)11-5-6-13(12(15)7-11)19-8-10-3-4-10;/h5-7,9-10H,3-4,8H2,1-2H3,(H3,16,17,18);1H. The van der Waals surface area contributed by atoms with Gasteiger partial charge in [0.15, 0.2) is 17.5 Å².